The van der Waals surface area contributed by atoms with Gasteiger partial charge in [-0.3, -0.25) is 4.79 Å². The molecule has 1 atom stereocenters. The lowest BCUT2D eigenvalue weighted by molar-refractivity contribution is 0.0287. The molecule has 2 rings (SSSR count). The summed E-state index contributed by atoms with van der Waals surface area (Å²) in [6.45, 7) is 2.67. The Kier molecular flexibility index (Phi) is 4.59. The third-order valence-corrected chi connectivity index (χ3v) is 2.94. The molecule has 0 spiro atoms. The van der Waals surface area contributed by atoms with E-state index in [1.807, 2.05) is 0 Å². The number of aromatic hydroxyl groups is 1. The first kappa shape index (κ1) is 13.6. The number of benzene rings is 1. The molecule has 0 aromatic heterocycles. The van der Waals surface area contributed by atoms with Gasteiger partial charge in [-0.25, -0.2) is 0 Å². The van der Waals surface area contributed by atoms with Crippen molar-refractivity contribution in [3.63, 3.8) is 0 Å². The molecular weight excluding hydrogens is 248 g/mol. The molecule has 0 saturated carbocycles. The molecule has 6 heteroatoms. The van der Waals surface area contributed by atoms with Crippen molar-refractivity contribution in [1.29, 1.82) is 0 Å². The lowest BCUT2D eigenvalue weighted by atomic mass is 10.2. The summed E-state index contributed by atoms with van der Waals surface area (Å²) in [7, 11) is 1.46. The number of methoxy groups -OCH3 is 1. The van der Waals surface area contributed by atoms with Gasteiger partial charge in [0.05, 0.1) is 19.8 Å². The maximum Gasteiger partial charge on any atom is 0.251 e. The number of phenols is 1. The van der Waals surface area contributed by atoms with Gasteiger partial charge in [-0.15, -0.1) is 0 Å². The topological polar surface area (TPSA) is 79.8 Å². The molecule has 3 N–H and O–H groups in total. The van der Waals surface area contributed by atoms with E-state index in [4.69, 9.17) is 9.47 Å². The fourth-order valence-corrected chi connectivity index (χ4v) is 1.89. The second-order valence-corrected chi connectivity index (χ2v) is 4.29. The summed E-state index contributed by atoms with van der Waals surface area (Å²) in [5.41, 5.74) is 0.391. The lowest BCUT2D eigenvalue weighted by Gasteiger charge is -2.23. The lowest BCUT2D eigenvalue weighted by Crippen LogP contribution is -2.45. The Morgan fingerprint density at radius 1 is 1.63 bits per heavy atom. The van der Waals surface area contributed by atoms with Gasteiger partial charge < -0.3 is 25.2 Å². The van der Waals surface area contributed by atoms with Crippen molar-refractivity contribution < 1.29 is 19.4 Å². The number of carbonyl (C=O) groups is 1. The van der Waals surface area contributed by atoms with E-state index in [-0.39, 0.29) is 17.8 Å². The molecule has 0 bridgehead atoms. The molecule has 1 amide bonds. The van der Waals surface area contributed by atoms with E-state index in [2.05, 4.69) is 10.6 Å². The number of amides is 1. The normalized spacial score (nSPS) is 18.9. The molecule has 104 valence electrons. The Balaban J connectivity index is 1.90. The molecule has 1 heterocycles. The number of phenolic OH excluding ortho intramolecular Hbond substituents is 1. The Labute approximate surface area is 111 Å². The highest BCUT2D eigenvalue weighted by Gasteiger charge is 2.15. The summed E-state index contributed by atoms with van der Waals surface area (Å²) in [6.07, 6.45) is -0.00968. The van der Waals surface area contributed by atoms with Crippen LogP contribution in [0.1, 0.15) is 10.4 Å². The second kappa shape index (κ2) is 6.40. The number of hydrogen-bond donors (Lipinski definition) is 3. The monoisotopic (exact) mass is 266 g/mol. The number of carbonyl (C=O) groups excluding carboxylic acids is 1. The molecule has 0 radical (unpaired) electrons. The summed E-state index contributed by atoms with van der Waals surface area (Å²) in [6, 6.07) is 4.55. The van der Waals surface area contributed by atoms with Crippen LogP contribution in [0.15, 0.2) is 18.2 Å². The summed E-state index contributed by atoms with van der Waals surface area (Å²) >= 11 is 0. The van der Waals surface area contributed by atoms with Crippen molar-refractivity contribution in [3.05, 3.63) is 23.8 Å². The molecule has 1 aliphatic heterocycles. The minimum Gasteiger partial charge on any atom is -0.504 e. The Morgan fingerprint density at radius 2 is 2.47 bits per heavy atom. The van der Waals surface area contributed by atoms with E-state index in [9.17, 15) is 9.90 Å². The van der Waals surface area contributed by atoms with Crippen LogP contribution in [0.5, 0.6) is 11.5 Å². The van der Waals surface area contributed by atoms with Crippen molar-refractivity contribution in [2.24, 2.45) is 0 Å². The highest BCUT2D eigenvalue weighted by atomic mass is 16.5. The molecule has 1 aliphatic rings. The van der Waals surface area contributed by atoms with Gasteiger partial charge in [0.25, 0.3) is 5.91 Å². The van der Waals surface area contributed by atoms with Crippen LogP contribution < -0.4 is 15.4 Å². The van der Waals surface area contributed by atoms with E-state index >= 15 is 0 Å². The predicted molar refractivity (Wildman–Crippen MR) is 69.6 cm³/mol. The molecular formula is C13H18N2O4. The third-order valence-electron chi connectivity index (χ3n) is 2.94. The van der Waals surface area contributed by atoms with Crippen LogP contribution in [0.25, 0.3) is 0 Å². The van der Waals surface area contributed by atoms with Crippen LogP contribution >= 0.6 is 0 Å². The van der Waals surface area contributed by atoms with Gasteiger partial charge in [-0.2, -0.15) is 0 Å². The van der Waals surface area contributed by atoms with Gasteiger partial charge >= 0.3 is 0 Å². The zero-order chi connectivity index (χ0) is 13.7. The van der Waals surface area contributed by atoms with Gasteiger partial charge in [0, 0.05) is 25.2 Å². The summed E-state index contributed by atoms with van der Waals surface area (Å²) in [5.74, 6) is 0.0502. The van der Waals surface area contributed by atoms with Gasteiger partial charge in [-0.1, -0.05) is 0 Å². The third kappa shape index (κ3) is 3.59. The molecule has 1 aromatic rings. The Hall–Kier alpha value is -1.79. The largest absolute Gasteiger partial charge is 0.504 e. The molecule has 0 aliphatic carbocycles. The first-order valence-corrected chi connectivity index (χ1v) is 6.18. The quantitative estimate of drug-likeness (QED) is 0.721. The fraction of sp³-hybridized carbons (Fsp3) is 0.462. The van der Waals surface area contributed by atoms with Crippen molar-refractivity contribution in [3.8, 4) is 11.5 Å². The van der Waals surface area contributed by atoms with Crippen molar-refractivity contribution >= 4 is 5.91 Å². The number of morpholine rings is 1. The van der Waals surface area contributed by atoms with Crippen molar-refractivity contribution in [2.75, 3.05) is 33.4 Å². The molecule has 1 saturated heterocycles. The highest BCUT2D eigenvalue weighted by molar-refractivity contribution is 5.94. The maximum absolute atomic E-state index is 11.9. The van der Waals surface area contributed by atoms with E-state index in [1.165, 1.54) is 13.2 Å². The second-order valence-electron chi connectivity index (χ2n) is 4.29. The zero-order valence-electron chi connectivity index (χ0n) is 10.8. The smallest absolute Gasteiger partial charge is 0.251 e. The van der Waals surface area contributed by atoms with Gasteiger partial charge in [0.1, 0.15) is 0 Å². The number of hydrogen-bond acceptors (Lipinski definition) is 5. The van der Waals surface area contributed by atoms with Crippen LogP contribution in [-0.4, -0.2) is 50.5 Å². The van der Waals surface area contributed by atoms with Crippen LogP contribution in [0, 0.1) is 0 Å². The molecule has 19 heavy (non-hydrogen) atoms. The minimum atomic E-state index is -0.243. The van der Waals surface area contributed by atoms with E-state index in [0.717, 1.165) is 13.1 Å². The summed E-state index contributed by atoms with van der Waals surface area (Å²) in [4.78, 5) is 11.9. The van der Waals surface area contributed by atoms with Crippen LogP contribution in [0.3, 0.4) is 0 Å². The van der Waals surface area contributed by atoms with Crippen molar-refractivity contribution in [2.45, 2.75) is 6.10 Å². The first-order valence-electron chi connectivity index (χ1n) is 6.18. The molecule has 1 unspecified atom stereocenters. The highest BCUT2D eigenvalue weighted by Crippen LogP contribution is 2.26. The van der Waals surface area contributed by atoms with E-state index in [1.54, 1.807) is 12.1 Å². The van der Waals surface area contributed by atoms with Crippen LogP contribution in [-0.2, 0) is 4.74 Å². The minimum absolute atomic E-state index is 0.00968. The van der Waals surface area contributed by atoms with E-state index in [0.29, 0.717) is 24.5 Å². The average molecular weight is 266 g/mol. The first-order chi connectivity index (χ1) is 9.20. The molecule has 6 nitrogen and oxygen atoms in total. The van der Waals surface area contributed by atoms with Gasteiger partial charge in [-0.05, 0) is 18.2 Å². The van der Waals surface area contributed by atoms with Crippen LogP contribution in [0.4, 0.5) is 0 Å². The number of nitrogens with one attached hydrogen (secondary N) is 2. The summed E-state index contributed by atoms with van der Waals surface area (Å²) in [5, 5.41) is 15.6. The Bertz CT molecular complexity index is 444. The van der Waals surface area contributed by atoms with Gasteiger partial charge in [0.15, 0.2) is 11.5 Å². The molecule has 1 fully saturated rings. The van der Waals surface area contributed by atoms with Gasteiger partial charge in [0.2, 0.25) is 0 Å². The molecule has 1 aromatic carbocycles. The zero-order valence-corrected chi connectivity index (χ0v) is 10.8. The average Bonchev–Trinajstić information content (AvgIpc) is 2.45. The Morgan fingerprint density at radius 3 is 3.11 bits per heavy atom. The SMILES string of the molecule is COc1ccc(C(=O)NCC2CNCCO2)cc1O. The van der Waals surface area contributed by atoms with Crippen LogP contribution in [0.2, 0.25) is 0 Å². The standard InChI is InChI=1S/C13H18N2O4/c1-18-12-3-2-9(6-11(12)16)13(17)15-8-10-7-14-4-5-19-10/h2-3,6,10,14,16H,4-5,7-8H2,1H3,(H,15,17). The summed E-state index contributed by atoms with van der Waals surface area (Å²) < 4.78 is 10.4. The number of ether oxygens (including phenoxy) is 2. The van der Waals surface area contributed by atoms with Crippen molar-refractivity contribution in [1.82, 2.24) is 10.6 Å². The number of rotatable bonds is 4. The fourth-order valence-electron chi connectivity index (χ4n) is 1.89. The maximum atomic E-state index is 11.9. The predicted octanol–water partition coefficient (Wildman–Crippen LogP) is 0.119. The van der Waals surface area contributed by atoms with E-state index < -0.39 is 0 Å².